The van der Waals surface area contributed by atoms with E-state index in [-0.39, 0.29) is 5.91 Å². The van der Waals surface area contributed by atoms with Crippen LogP contribution in [0.2, 0.25) is 5.02 Å². The first-order chi connectivity index (χ1) is 12.2. The minimum atomic E-state index is -0.0888. The number of carbonyl (C=O) groups is 1. The van der Waals surface area contributed by atoms with Gasteiger partial charge < -0.3 is 10.6 Å². The lowest BCUT2D eigenvalue weighted by atomic mass is 10.1. The molecule has 0 spiro atoms. The highest BCUT2D eigenvalue weighted by atomic mass is 35.5. The normalized spacial score (nSPS) is 10.3. The second-order valence-electron chi connectivity index (χ2n) is 5.62. The number of nitrogens with one attached hydrogen (secondary N) is 2. The smallest absolute Gasteiger partial charge is 0.228 e. The van der Waals surface area contributed by atoms with E-state index in [0.717, 1.165) is 11.4 Å². The predicted molar refractivity (Wildman–Crippen MR) is 102 cm³/mol. The summed E-state index contributed by atoms with van der Waals surface area (Å²) < 4.78 is 0. The van der Waals surface area contributed by atoms with Gasteiger partial charge in [0.15, 0.2) is 0 Å². The third-order valence-electron chi connectivity index (χ3n) is 3.64. The molecule has 5 heteroatoms. The highest BCUT2D eigenvalue weighted by Gasteiger charge is 2.05. The fourth-order valence-corrected chi connectivity index (χ4v) is 2.48. The summed E-state index contributed by atoms with van der Waals surface area (Å²) >= 11 is 5.84. The van der Waals surface area contributed by atoms with Crippen LogP contribution in [0.5, 0.6) is 0 Å². The van der Waals surface area contributed by atoms with Crippen LogP contribution < -0.4 is 10.6 Å². The molecule has 1 heterocycles. The van der Waals surface area contributed by atoms with Gasteiger partial charge in [0.25, 0.3) is 0 Å². The van der Waals surface area contributed by atoms with E-state index in [1.807, 2.05) is 42.5 Å². The number of hydrogen-bond acceptors (Lipinski definition) is 3. The van der Waals surface area contributed by atoms with Crippen LogP contribution >= 0.6 is 11.6 Å². The quantitative estimate of drug-likeness (QED) is 0.686. The zero-order valence-electron chi connectivity index (χ0n) is 13.6. The number of anilines is 2. The van der Waals surface area contributed by atoms with Gasteiger partial charge in [-0.15, -0.1) is 0 Å². The maximum absolute atomic E-state index is 12.1. The van der Waals surface area contributed by atoms with E-state index >= 15 is 0 Å². The first-order valence-corrected chi connectivity index (χ1v) is 8.35. The first kappa shape index (κ1) is 17.0. The van der Waals surface area contributed by atoms with Crippen LogP contribution in [0.3, 0.4) is 0 Å². The molecule has 0 radical (unpaired) electrons. The molecule has 0 atom stereocenters. The molecule has 2 N–H and O–H groups in total. The number of halogens is 1. The molecule has 3 aromatic rings. The molecule has 1 amide bonds. The third-order valence-corrected chi connectivity index (χ3v) is 3.89. The van der Waals surface area contributed by atoms with Gasteiger partial charge >= 0.3 is 0 Å². The Balaban J connectivity index is 1.51. The lowest BCUT2D eigenvalue weighted by molar-refractivity contribution is -0.115. The van der Waals surface area contributed by atoms with E-state index in [2.05, 4.69) is 27.8 Å². The average Bonchev–Trinajstić information content (AvgIpc) is 2.64. The monoisotopic (exact) mass is 351 g/mol. The summed E-state index contributed by atoms with van der Waals surface area (Å²) in [6.45, 7) is 0.704. The largest absolute Gasteiger partial charge is 0.366 e. The van der Waals surface area contributed by atoms with Crippen molar-refractivity contribution in [1.82, 2.24) is 4.98 Å². The van der Waals surface area contributed by atoms with Crippen LogP contribution in [0.1, 0.15) is 11.1 Å². The Morgan fingerprint density at radius 1 is 0.920 bits per heavy atom. The second kappa shape index (κ2) is 8.31. The van der Waals surface area contributed by atoms with Gasteiger partial charge in [0.05, 0.1) is 18.3 Å². The number of pyridine rings is 1. The molecule has 0 fully saturated rings. The zero-order chi connectivity index (χ0) is 17.5. The van der Waals surface area contributed by atoms with Gasteiger partial charge in [-0.25, -0.2) is 4.98 Å². The maximum atomic E-state index is 12.1. The molecular formula is C20H18ClN3O. The van der Waals surface area contributed by atoms with Gasteiger partial charge in [-0.05, 0) is 35.4 Å². The topological polar surface area (TPSA) is 54.0 Å². The molecule has 3 rings (SSSR count). The standard InChI is InChI=1S/C20H18ClN3O/c21-17-8-6-15(7-9-17)12-20(25)24-18-10-11-19(23-14-18)22-13-16-4-2-1-3-5-16/h1-11,14H,12-13H2,(H,22,23)(H,24,25). The van der Waals surface area contributed by atoms with Crippen molar-refractivity contribution in [1.29, 1.82) is 0 Å². The van der Waals surface area contributed by atoms with Crippen LogP contribution in [0, 0.1) is 0 Å². The van der Waals surface area contributed by atoms with Crippen molar-refractivity contribution in [3.8, 4) is 0 Å². The molecule has 0 aliphatic carbocycles. The minimum absolute atomic E-state index is 0.0888. The molecule has 25 heavy (non-hydrogen) atoms. The van der Waals surface area contributed by atoms with Crippen molar-refractivity contribution < 1.29 is 4.79 Å². The molecule has 0 bridgehead atoms. The van der Waals surface area contributed by atoms with E-state index in [0.29, 0.717) is 23.7 Å². The second-order valence-corrected chi connectivity index (χ2v) is 6.06. The molecule has 0 saturated heterocycles. The number of benzene rings is 2. The summed E-state index contributed by atoms with van der Waals surface area (Å²) in [6, 6.07) is 21.0. The van der Waals surface area contributed by atoms with Gasteiger partial charge in [0.2, 0.25) is 5.91 Å². The SMILES string of the molecule is O=C(Cc1ccc(Cl)cc1)Nc1ccc(NCc2ccccc2)nc1. The van der Waals surface area contributed by atoms with Crippen LogP contribution in [0.25, 0.3) is 0 Å². The summed E-state index contributed by atoms with van der Waals surface area (Å²) in [5.41, 5.74) is 2.77. The van der Waals surface area contributed by atoms with Crippen molar-refractivity contribution in [2.24, 2.45) is 0 Å². The van der Waals surface area contributed by atoms with E-state index in [9.17, 15) is 4.79 Å². The Bertz CT molecular complexity index is 818. The Morgan fingerprint density at radius 3 is 2.36 bits per heavy atom. The van der Waals surface area contributed by atoms with Crippen molar-refractivity contribution >= 4 is 29.0 Å². The number of aromatic nitrogens is 1. The van der Waals surface area contributed by atoms with Gasteiger partial charge in [0, 0.05) is 11.6 Å². The zero-order valence-corrected chi connectivity index (χ0v) is 14.3. The highest BCUT2D eigenvalue weighted by Crippen LogP contribution is 2.13. The summed E-state index contributed by atoms with van der Waals surface area (Å²) in [7, 11) is 0. The highest BCUT2D eigenvalue weighted by molar-refractivity contribution is 6.30. The Hall–Kier alpha value is -2.85. The molecule has 0 aliphatic heterocycles. The number of hydrogen-bond donors (Lipinski definition) is 2. The van der Waals surface area contributed by atoms with E-state index in [1.54, 1.807) is 18.3 Å². The lowest BCUT2D eigenvalue weighted by Crippen LogP contribution is -2.14. The lowest BCUT2D eigenvalue weighted by Gasteiger charge is -2.08. The number of rotatable bonds is 6. The van der Waals surface area contributed by atoms with Crippen LogP contribution in [0.4, 0.5) is 11.5 Å². The predicted octanol–water partition coefficient (Wildman–Crippen LogP) is 4.53. The van der Waals surface area contributed by atoms with Crippen LogP contribution in [0.15, 0.2) is 72.9 Å². The maximum Gasteiger partial charge on any atom is 0.228 e. The molecule has 126 valence electrons. The average molecular weight is 352 g/mol. The van der Waals surface area contributed by atoms with Gasteiger partial charge in [-0.2, -0.15) is 0 Å². The molecule has 2 aromatic carbocycles. The van der Waals surface area contributed by atoms with Crippen LogP contribution in [-0.2, 0) is 17.8 Å². The summed E-state index contributed by atoms with van der Waals surface area (Å²) in [5.74, 6) is 0.675. The summed E-state index contributed by atoms with van der Waals surface area (Å²) in [6.07, 6.45) is 1.94. The van der Waals surface area contributed by atoms with E-state index in [1.165, 1.54) is 5.56 Å². The fourth-order valence-electron chi connectivity index (χ4n) is 2.35. The van der Waals surface area contributed by atoms with Gasteiger partial charge in [-0.3, -0.25) is 4.79 Å². The molecule has 0 aliphatic rings. The third kappa shape index (κ3) is 5.33. The first-order valence-electron chi connectivity index (χ1n) is 7.97. The summed E-state index contributed by atoms with van der Waals surface area (Å²) in [4.78, 5) is 16.4. The molecule has 0 saturated carbocycles. The Morgan fingerprint density at radius 2 is 1.68 bits per heavy atom. The Kier molecular flexibility index (Phi) is 5.65. The minimum Gasteiger partial charge on any atom is -0.366 e. The number of nitrogens with zero attached hydrogens (tertiary/aromatic N) is 1. The van der Waals surface area contributed by atoms with Crippen molar-refractivity contribution in [3.05, 3.63) is 89.1 Å². The molecule has 4 nitrogen and oxygen atoms in total. The Labute approximate surface area is 151 Å². The van der Waals surface area contributed by atoms with Crippen molar-refractivity contribution in [2.75, 3.05) is 10.6 Å². The number of amides is 1. The van der Waals surface area contributed by atoms with Gasteiger partial charge in [-0.1, -0.05) is 54.1 Å². The molecular weight excluding hydrogens is 334 g/mol. The molecule has 0 unspecified atom stereocenters. The van der Waals surface area contributed by atoms with Crippen LogP contribution in [-0.4, -0.2) is 10.9 Å². The van der Waals surface area contributed by atoms with E-state index < -0.39 is 0 Å². The van der Waals surface area contributed by atoms with Crippen molar-refractivity contribution in [2.45, 2.75) is 13.0 Å². The summed E-state index contributed by atoms with van der Waals surface area (Å²) in [5, 5.41) is 6.75. The number of carbonyl (C=O) groups excluding carboxylic acids is 1. The van der Waals surface area contributed by atoms with Crippen molar-refractivity contribution in [3.63, 3.8) is 0 Å². The van der Waals surface area contributed by atoms with Gasteiger partial charge in [0.1, 0.15) is 5.82 Å². The molecule has 1 aromatic heterocycles. The fraction of sp³-hybridized carbons (Fsp3) is 0.100. The van der Waals surface area contributed by atoms with E-state index in [4.69, 9.17) is 11.6 Å².